The molecule has 154 valence electrons. The average Bonchev–Trinajstić information content (AvgIpc) is 3.20. The van der Waals surface area contributed by atoms with Crippen LogP contribution < -0.4 is 4.74 Å². The summed E-state index contributed by atoms with van der Waals surface area (Å²) in [4.78, 5) is 25.1. The van der Waals surface area contributed by atoms with Crippen LogP contribution in [0.25, 0.3) is 11.0 Å². The largest absolute Gasteiger partial charge is 0.497 e. The Balaban J connectivity index is 1.73. The lowest BCUT2D eigenvalue weighted by Crippen LogP contribution is -2.15. The zero-order valence-electron chi connectivity index (χ0n) is 17.3. The van der Waals surface area contributed by atoms with Gasteiger partial charge in [0.05, 0.1) is 13.7 Å². The summed E-state index contributed by atoms with van der Waals surface area (Å²) in [6.07, 6.45) is 0. The number of carbonyl (C=O) groups is 2. The van der Waals surface area contributed by atoms with Gasteiger partial charge in [0.1, 0.15) is 11.3 Å². The van der Waals surface area contributed by atoms with Crippen LogP contribution in [0.1, 0.15) is 37.9 Å². The molecule has 0 radical (unpaired) electrons. The number of furan rings is 1. The minimum atomic E-state index is -0.667. The second-order valence-corrected chi connectivity index (χ2v) is 6.85. The maximum Gasteiger partial charge on any atom is 0.375 e. The van der Waals surface area contributed by atoms with Crippen molar-refractivity contribution in [1.82, 2.24) is 4.57 Å². The number of methoxy groups -OCH3 is 2. The first-order chi connectivity index (χ1) is 13.9. The van der Waals surface area contributed by atoms with E-state index in [4.69, 9.17) is 18.6 Å². The standard InChI is InChI=1S/C22H25NO6/c1-13-10-18(15(3)23(13)8-9-26-4)19(24)12-28-22(25)21-14(2)17-11-16(27-5)6-7-20(17)29-21/h6-7,10-11H,8-9,12H2,1-5H3. The highest BCUT2D eigenvalue weighted by Crippen LogP contribution is 2.29. The molecule has 0 saturated carbocycles. The van der Waals surface area contributed by atoms with Crippen LogP contribution in [0.4, 0.5) is 0 Å². The minimum Gasteiger partial charge on any atom is -0.497 e. The van der Waals surface area contributed by atoms with Gasteiger partial charge in [-0.1, -0.05) is 0 Å². The summed E-state index contributed by atoms with van der Waals surface area (Å²) in [6.45, 7) is 6.42. The number of ether oxygens (including phenoxy) is 3. The van der Waals surface area contributed by atoms with E-state index < -0.39 is 5.97 Å². The predicted octanol–water partition coefficient (Wildman–Crippen LogP) is 3.85. The van der Waals surface area contributed by atoms with Crippen molar-refractivity contribution in [1.29, 1.82) is 0 Å². The monoisotopic (exact) mass is 399 g/mol. The highest BCUT2D eigenvalue weighted by molar-refractivity contribution is 6.01. The minimum absolute atomic E-state index is 0.0895. The zero-order chi connectivity index (χ0) is 21.1. The second kappa shape index (κ2) is 8.53. The molecule has 0 unspecified atom stereocenters. The lowest BCUT2D eigenvalue weighted by atomic mass is 10.1. The number of aromatic nitrogens is 1. The summed E-state index contributed by atoms with van der Waals surface area (Å²) in [7, 11) is 3.21. The maximum absolute atomic E-state index is 12.6. The molecule has 0 bridgehead atoms. The first kappa shape index (κ1) is 20.7. The number of benzene rings is 1. The van der Waals surface area contributed by atoms with Gasteiger partial charge in [-0.15, -0.1) is 0 Å². The number of fused-ring (bicyclic) bond motifs is 1. The quantitative estimate of drug-likeness (QED) is 0.423. The summed E-state index contributed by atoms with van der Waals surface area (Å²) in [5.41, 5.74) is 3.53. The molecule has 0 aliphatic carbocycles. The highest BCUT2D eigenvalue weighted by atomic mass is 16.5. The fraction of sp³-hybridized carbons (Fsp3) is 0.364. The summed E-state index contributed by atoms with van der Waals surface area (Å²) in [6, 6.07) is 7.09. The smallest absolute Gasteiger partial charge is 0.375 e. The van der Waals surface area contributed by atoms with E-state index in [1.165, 1.54) is 0 Å². The lowest BCUT2D eigenvalue weighted by Gasteiger charge is -2.09. The Morgan fingerprint density at radius 1 is 1.10 bits per heavy atom. The summed E-state index contributed by atoms with van der Waals surface area (Å²) >= 11 is 0. The molecule has 0 aliphatic heterocycles. The van der Waals surface area contributed by atoms with Crippen LogP contribution in [0.2, 0.25) is 0 Å². The average molecular weight is 399 g/mol. The van der Waals surface area contributed by atoms with Crippen molar-refractivity contribution < 1.29 is 28.2 Å². The molecule has 7 nitrogen and oxygen atoms in total. The van der Waals surface area contributed by atoms with Crippen molar-refractivity contribution in [2.75, 3.05) is 27.4 Å². The predicted molar refractivity (Wildman–Crippen MR) is 108 cm³/mol. The van der Waals surface area contributed by atoms with Crippen molar-refractivity contribution >= 4 is 22.7 Å². The molecule has 1 aromatic carbocycles. The van der Waals surface area contributed by atoms with E-state index >= 15 is 0 Å². The Labute approximate surface area is 169 Å². The lowest BCUT2D eigenvalue weighted by molar-refractivity contribution is 0.0445. The van der Waals surface area contributed by atoms with Gasteiger partial charge in [0, 0.05) is 41.6 Å². The Hall–Kier alpha value is -3.06. The van der Waals surface area contributed by atoms with Crippen molar-refractivity contribution in [3.05, 3.63) is 52.5 Å². The van der Waals surface area contributed by atoms with Crippen LogP contribution in [0.5, 0.6) is 5.75 Å². The normalized spacial score (nSPS) is 11.1. The van der Waals surface area contributed by atoms with Crippen LogP contribution in [0.15, 0.2) is 28.7 Å². The van der Waals surface area contributed by atoms with E-state index in [2.05, 4.69) is 0 Å². The Morgan fingerprint density at radius 2 is 1.86 bits per heavy atom. The fourth-order valence-electron chi connectivity index (χ4n) is 3.41. The Bertz CT molecular complexity index is 1060. The molecule has 0 amide bonds. The SMILES string of the molecule is COCCn1c(C)cc(C(=O)COC(=O)c2oc3ccc(OC)cc3c2C)c1C. The van der Waals surface area contributed by atoms with E-state index in [-0.39, 0.29) is 18.2 Å². The first-order valence-corrected chi connectivity index (χ1v) is 9.30. The highest BCUT2D eigenvalue weighted by Gasteiger charge is 2.22. The van der Waals surface area contributed by atoms with Gasteiger partial charge in [-0.25, -0.2) is 4.79 Å². The molecule has 2 heterocycles. The topological polar surface area (TPSA) is 79.9 Å². The van der Waals surface area contributed by atoms with E-state index in [0.717, 1.165) is 16.8 Å². The third-order valence-corrected chi connectivity index (χ3v) is 5.06. The number of hydrogen-bond donors (Lipinski definition) is 0. The van der Waals surface area contributed by atoms with Crippen molar-refractivity contribution in [3.63, 3.8) is 0 Å². The van der Waals surface area contributed by atoms with Crippen LogP contribution in [-0.4, -0.2) is 43.8 Å². The first-order valence-electron chi connectivity index (χ1n) is 9.30. The van der Waals surface area contributed by atoms with Crippen LogP contribution in [0, 0.1) is 20.8 Å². The third kappa shape index (κ3) is 4.05. The van der Waals surface area contributed by atoms with Crippen LogP contribution >= 0.6 is 0 Å². The number of carbonyl (C=O) groups excluding carboxylic acids is 2. The molecule has 7 heteroatoms. The number of ketones is 1. The van der Waals surface area contributed by atoms with Gasteiger partial charge in [0.2, 0.25) is 11.5 Å². The van der Waals surface area contributed by atoms with Gasteiger partial charge < -0.3 is 23.2 Å². The Kier molecular flexibility index (Phi) is 6.08. The van der Waals surface area contributed by atoms with Gasteiger partial charge in [-0.05, 0) is 45.0 Å². The molecule has 29 heavy (non-hydrogen) atoms. The fourth-order valence-corrected chi connectivity index (χ4v) is 3.41. The number of rotatable bonds is 8. The molecule has 0 aliphatic rings. The van der Waals surface area contributed by atoms with Crippen molar-refractivity contribution in [2.45, 2.75) is 27.3 Å². The van der Waals surface area contributed by atoms with Gasteiger partial charge >= 0.3 is 5.97 Å². The summed E-state index contributed by atoms with van der Waals surface area (Å²) < 4.78 is 23.2. The second-order valence-electron chi connectivity index (χ2n) is 6.85. The number of Topliss-reactive ketones (excluding diaryl/α,β-unsaturated/α-hetero) is 1. The Morgan fingerprint density at radius 3 is 2.55 bits per heavy atom. The van der Waals surface area contributed by atoms with E-state index in [1.807, 2.05) is 18.4 Å². The molecule has 0 N–H and O–H groups in total. The molecular formula is C22H25NO6. The summed E-state index contributed by atoms with van der Waals surface area (Å²) in [5, 5.41) is 0.768. The van der Waals surface area contributed by atoms with E-state index in [9.17, 15) is 9.59 Å². The zero-order valence-corrected chi connectivity index (χ0v) is 17.3. The molecule has 3 rings (SSSR count). The van der Waals surface area contributed by atoms with E-state index in [1.54, 1.807) is 45.4 Å². The van der Waals surface area contributed by atoms with Crippen molar-refractivity contribution in [3.8, 4) is 5.75 Å². The summed E-state index contributed by atoms with van der Waals surface area (Å²) in [5.74, 6) is -0.170. The number of aryl methyl sites for hydroxylation is 2. The molecular weight excluding hydrogens is 374 g/mol. The molecule has 2 aromatic heterocycles. The van der Waals surface area contributed by atoms with Crippen LogP contribution in [-0.2, 0) is 16.0 Å². The number of esters is 1. The molecule has 0 spiro atoms. The van der Waals surface area contributed by atoms with Gasteiger partial charge in [0.15, 0.2) is 6.61 Å². The molecule has 0 saturated heterocycles. The van der Waals surface area contributed by atoms with E-state index in [0.29, 0.717) is 35.6 Å². The maximum atomic E-state index is 12.6. The number of hydrogen-bond acceptors (Lipinski definition) is 6. The van der Waals surface area contributed by atoms with Gasteiger partial charge in [-0.3, -0.25) is 4.79 Å². The van der Waals surface area contributed by atoms with Gasteiger partial charge in [-0.2, -0.15) is 0 Å². The van der Waals surface area contributed by atoms with Crippen LogP contribution in [0.3, 0.4) is 0 Å². The number of nitrogens with zero attached hydrogens (tertiary/aromatic N) is 1. The molecule has 0 atom stereocenters. The third-order valence-electron chi connectivity index (χ3n) is 5.06. The van der Waals surface area contributed by atoms with Crippen molar-refractivity contribution in [2.24, 2.45) is 0 Å². The molecule has 0 fully saturated rings. The molecule has 3 aromatic rings. The van der Waals surface area contributed by atoms with Gasteiger partial charge in [0.25, 0.3) is 0 Å².